The largest absolute Gasteiger partial charge is 0.315 e. The first-order valence-corrected chi connectivity index (χ1v) is 8.54. The first-order chi connectivity index (χ1) is 9.38. The van der Waals surface area contributed by atoms with Crippen LogP contribution in [0.2, 0.25) is 0 Å². The van der Waals surface area contributed by atoms with E-state index in [-0.39, 0.29) is 0 Å². The smallest absolute Gasteiger partial charge is 0.0249 e. The summed E-state index contributed by atoms with van der Waals surface area (Å²) in [6.07, 6.45) is 11.4. The van der Waals surface area contributed by atoms with Crippen molar-refractivity contribution in [1.82, 2.24) is 15.1 Å². The van der Waals surface area contributed by atoms with Gasteiger partial charge in [-0.05, 0) is 52.2 Å². The summed E-state index contributed by atoms with van der Waals surface area (Å²) in [5, 5.41) is 3.60. The van der Waals surface area contributed by atoms with Crippen LogP contribution in [0.25, 0.3) is 0 Å². The van der Waals surface area contributed by atoms with Gasteiger partial charge in [0, 0.05) is 31.2 Å². The molecule has 1 N–H and O–H groups in total. The van der Waals surface area contributed by atoms with Crippen molar-refractivity contribution in [2.24, 2.45) is 0 Å². The van der Waals surface area contributed by atoms with Crippen LogP contribution in [0.1, 0.15) is 51.4 Å². The molecule has 2 aliphatic heterocycles. The quantitative estimate of drug-likeness (QED) is 0.788. The second kappa shape index (κ2) is 6.55. The third-order valence-electron chi connectivity index (χ3n) is 5.67. The SMILES string of the molecule is CNC1CCCCCC1N1CCC(N2CCCC2)C1. The number of nitrogens with zero attached hydrogens (tertiary/aromatic N) is 2. The number of rotatable bonds is 3. The first-order valence-electron chi connectivity index (χ1n) is 8.54. The van der Waals surface area contributed by atoms with E-state index in [4.69, 9.17) is 0 Å². The van der Waals surface area contributed by atoms with Crippen LogP contribution < -0.4 is 5.32 Å². The minimum atomic E-state index is 0.736. The number of nitrogens with one attached hydrogen (secondary N) is 1. The number of hydrogen-bond acceptors (Lipinski definition) is 3. The zero-order chi connectivity index (χ0) is 13.1. The fourth-order valence-electron chi connectivity index (χ4n) is 4.54. The molecule has 3 nitrogen and oxygen atoms in total. The zero-order valence-corrected chi connectivity index (χ0v) is 12.6. The van der Waals surface area contributed by atoms with E-state index in [1.165, 1.54) is 77.5 Å². The lowest BCUT2D eigenvalue weighted by molar-refractivity contribution is 0.164. The highest BCUT2D eigenvalue weighted by molar-refractivity contribution is 4.93. The van der Waals surface area contributed by atoms with Crippen molar-refractivity contribution >= 4 is 0 Å². The van der Waals surface area contributed by atoms with E-state index >= 15 is 0 Å². The van der Waals surface area contributed by atoms with Crippen molar-refractivity contribution in [3.63, 3.8) is 0 Å². The molecule has 0 aromatic heterocycles. The molecule has 0 amide bonds. The average molecular weight is 265 g/mol. The summed E-state index contributed by atoms with van der Waals surface area (Å²) in [6, 6.07) is 2.41. The van der Waals surface area contributed by atoms with Gasteiger partial charge in [-0.3, -0.25) is 9.80 Å². The Morgan fingerprint density at radius 3 is 2.37 bits per heavy atom. The molecule has 3 unspecified atom stereocenters. The summed E-state index contributed by atoms with van der Waals surface area (Å²) >= 11 is 0. The third-order valence-corrected chi connectivity index (χ3v) is 5.67. The van der Waals surface area contributed by atoms with Crippen molar-refractivity contribution in [3.8, 4) is 0 Å². The maximum Gasteiger partial charge on any atom is 0.0249 e. The predicted molar refractivity (Wildman–Crippen MR) is 80.5 cm³/mol. The van der Waals surface area contributed by atoms with E-state index < -0.39 is 0 Å². The molecule has 3 heteroatoms. The van der Waals surface area contributed by atoms with Crippen molar-refractivity contribution in [1.29, 1.82) is 0 Å². The van der Waals surface area contributed by atoms with Gasteiger partial charge in [-0.1, -0.05) is 19.3 Å². The topological polar surface area (TPSA) is 18.5 Å². The third kappa shape index (κ3) is 3.14. The lowest BCUT2D eigenvalue weighted by Crippen LogP contribution is -2.48. The van der Waals surface area contributed by atoms with Gasteiger partial charge < -0.3 is 5.32 Å². The second-order valence-corrected chi connectivity index (χ2v) is 6.78. The fourth-order valence-corrected chi connectivity index (χ4v) is 4.54. The summed E-state index contributed by atoms with van der Waals surface area (Å²) in [5.74, 6) is 0. The summed E-state index contributed by atoms with van der Waals surface area (Å²) in [5.41, 5.74) is 0. The Labute approximate surface area is 118 Å². The Bertz CT molecular complexity index is 275. The Kier molecular flexibility index (Phi) is 4.78. The first kappa shape index (κ1) is 13.8. The van der Waals surface area contributed by atoms with Crippen LogP contribution in [0.4, 0.5) is 0 Å². The molecule has 2 heterocycles. The molecule has 0 aromatic carbocycles. The maximum absolute atomic E-state index is 3.60. The van der Waals surface area contributed by atoms with E-state index in [9.17, 15) is 0 Å². The van der Waals surface area contributed by atoms with Crippen molar-refractivity contribution < 1.29 is 0 Å². The molecule has 0 spiro atoms. The molecule has 3 fully saturated rings. The fraction of sp³-hybridized carbons (Fsp3) is 1.00. The van der Waals surface area contributed by atoms with Gasteiger partial charge in [-0.15, -0.1) is 0 Å². The molecular weight excluding hydrogens is 234 g/mol. The van der Waals surface area contributed by atoms with E-state index in [0.717, 1.165) is 18.1 Å². The van der Waals surface area contributed by atoms with Gasteiger partial charge in [0.05, 0.1) is 0 Å². The highest BCUT2D eigenvalue weighted by Crippen LogP contribution is 2.28. The molecule has 2 saturated heterocycles. The minimum absolute atomic E-state index is 0.736. The summed E-state index contributed by atoms with van der Waals surface area (Å²) in [4.78, 5) is 5.57. The molecule has 0 bridgehead atoms. The number of likely N-dealkylation sites (tertiary alicyclic amines) is 2. The lowest BCUT2D eigenvalue weighted by atomic mass is 10.0. The van der Waals surface area contributed by atoms with Crippen LogP contribution in [-0.2, 0) is 0 Å². The molecule has 19 heavy (non-hydrogen) atoms. The standard InChI is InChI=1S/C16H31N3/c1-17-15-7-3-2-4-8-16(15)19-12-9-14(13-19)18-10-5-6-11-18/h14-17H,2-13H2,1H3. The Morgan fingerprint density at radius 1 is 0.789 bits per heavy atom. The van der Waals surface area contributed by atoms with Crippen LogP contribution in [0.3, 0.4) is 0 Å². The van der Waals surface area contributed by atoms with E-state index in [2.05, 4.69) is 22.2 Å². The van der Waals surface area contributed by atoms with Gasteiger partial charge >= 0.3 is 0 Å². The lowest BCUT2D eigenvalue weighted by Gasteiger charge is -2.34. The molecule has 3 aliphatic rings. The summed E-state index contributed by atoms with van der Waals surface area (Å²) in [6.45, 7) is 5.39. The Hall–Kier alpha value is -0.120. The minimum Gasteiger partial charge on any atom is -0.315 e. The van der Waals surface area contributed by atoms with Crippen LogP contribution in [0.5, 0.6) is 0 Å². The predicted octanol–water partition coefficient (Wildman–Crippen LogP) is 2.08. The molecule has 0 aromatic rings. The summed E-state index contributed by atoms with van der Waals surface area (Å²) < 4.78 is 0. The van der Waals surface area contributed by atoms with Crippen LogP contribution in [0, 0.1) is 0 Å². The highest BCUT2D eigenvalue weighted by Gasteiger charge is 2.35. The molecule has 3 rings (SSSR count). The average Bonchev–Trinajstić information content (AvgIpc) is 3.05. The molecule has 1 saturated carbocycles. The molecule has 110 valence electrons. The van der Waals surface area contributed by atoms with Gasteiger partial charge in [0.25, 0.3) is 0 Å². The molecule has 1 aliphatic carbocycles. The van der Waals surface area contributed by atoms with Gasteiger partial charge in [0.2, 0.25) is 0 Å². The monoisotopic (exact) mass is 265 g/mol. The molecule has 0 radical (unpaired) electrons. The van der Waals surface area contributed by atoms with Crippen molar-refractivity contribution in [3.05, 3.63) is 0 Å². The van der Waals surface area contributed by atoms with Crippen LogP contribution in [-0.4, -0.2) is 61.2 Å². The van der Waals surface area contributed by atoms with Gasteiger partial charge in [0.1, 0.15) is 0 Å². The van der Waals surface area contributed by atoms with Gasteiger partial charge in [-0.2, -0.15) is 0 Å². The van der Waals surface area contributed by atoms with Gasteiger partial charge in [0.15, 0.2) is 0 Å². The van der Waals surface area contributed by atoms with Crippen LogP contribution in [0.15, 0.2) is 0 Å². The van der Waals surface area contributed by atoms with Crippen molar-refractivity contribution in [2.45, 2.75) is 69.5 Å². The Balaban J connectivity index is 1.58. The second-order valence-electron chi connectivity index (χ2n) is 6.78. The zero-order valence-electron chi connectivity index (χ0n) is 12.6. The van der Waals surface area contributed by atoms with Crippen LogP contribution >= 0.6 is 0 Å². The molecule has 3 atom stereocenters. The highest BCUT2D eigenvalue weighted by atomic mass is 15.3. The Morgan fingerprint density at radius 2 is 1.58 bits per heavy atom. The van der Waals surface area contributed by atoms with Gasteiger partial charge in [-0.25, -0.2) is 0 Å². The normalized spacial score (nSPS) is 38.7. The molecular formula is C16H31N3. The van der Waals surface area contributed by atoms with E-state index in [1.54, 1.807) is 0 Å². The van der Waals surface area contributed by atoms with Crippen molar-refractivity contribution in [2.75, 3.05) is 33.2 Å². The summed E-state index contributed by atoms with van der Waals surface area (Å²) in [7, 11) is 2.16. The van der Waals surface area contributed by atoms with E-state index in [0.29, 0.717) is 0 Å². The number of likely N-dealkylation sites (N-methyl/N-ethyl adjacent to an activating group) is 1. The van der Waals surface area contributed by atoms with E-state index in [1.807, 2.05) is 0 Å². The maximum atomic E-state index is 3.60. The number of hydrogen-bond donors (Lipinski definition) is 1.